The summed E-state index contributed by atoms with van der Waals surface area (Å²) >= 11 is 5.77. The number of carbonyl (C=O) groups is 2. The zero-order valence-electron chi connectivity index (χ0n) is 12.4. The highest BCUT2D eigenvalue weighted by molar-refractivity contribution is 6.30. The van der Waals surface area contributed by atoms with Crippen molar-refractivity contribution in [3.8, 4) is 6.07 Å². The molecule has 0 aliphatic carbocycles. The molecule has 0 aromatic heterocycles. The van der Waals surface area contributed by atoms with Crippen molar-refractivity contribution in [2.45, 2.75) is 0 Å². The second-order valence-corrected chi connectivity index (χ2v) is 5.12. The lowest BCUT2D eigenvalue weighted by atomic mass is 10.1. The van der Waals surface area contributed by atoms with Gasteiger partial charge in [-0.15, -0.1) is 0 Å². The molecule has 2 aromatic rings. The molecule has 6 nitrogen and oxygen atoms in total. The van der Waals surface area contributed by atoms with Gasteiger partial charge in [0.15, 0.2) is 0 Å². The molecule has 0 bridgehead atoms. The maximum absolute atomic E-state index is 12.1. The molecule has 24 heavy (non-hydrogen) atoms. The summed E-state index contributed by atoms with van der Waals surface area (Å²) in [5, 5.41) is 15.0. The Labute approximate surface area is 143 Å². The van der Waals surface area contributed by atoms with E-state index in [1.165, 1.54) is 6.20 Å². The number of rotatable bonds is 5. The molecule has 120 valence electrons. The fourth-order valence-electron chi connectivity index (χ4n) is 1.85. The summed E-state index contributed by atoms with van der Waals surface area (Å²) in [5.74, 6) is -1.21. The molecule has 0 saturated heterocycles. The number of nitrogens with two attached hydrogens (primary N) is 1. The van der Waals surface area contributed by atoms with Crippen LogP contribution in [0.3, 0.4) is 0 Å². The second kappa shape index (κ2) is 7.81. The van der Waals surface area contributed by atoms with Crippen LogP contribution in [0.1, 0.15) is 10.4 Å². The van der Waals surface area contributed by atoms with Crippen LogP contribution in [-0.4, -0.2) is 11.8 Å². The summed E-state index contributed by atoms with van der Waals surface area (Å²) in [4.78, 5) is 23.4. The molecule has 0 heterocycles. The van der Waals surface area contributed by atoms with E-state index in [0.717, 1.165) is 0 Å². The van der Waals surface area contributed by atoms with Gasteiger partial charge in [-0.05, 0) is 36.4 Å². The standard InChI is InChI=1S/C17H13ClN4O2/c18-12-5-7-13(8-6-12)22-17(24)11(9-19)10-21-15-4-2-1-3-14(15)16(20)23/h1-8,10,21H,(H2,20,23)(H,22,24)/b11-10-. The highest BCUT2D eigenvalue weighted by atomic mass is 35.5. The zero-order valence-corrected chi connectivity index (χ0v) is 13.2. The van der Waals surface area contributed by atoms with Crippen molar-refractivity contribution in [2.75, 3.05) is 10.6 Å². The number of hydrogen-bond acceptors (Lipinski definition) is 4. The van der Waals surface area contributed by atoms with Crippen LogP contribution in [0.15, 0.2) is 60.3 Å². The first-order valence-electron chi connectivity index (χ1n) is 6.84. The average molecular weight is 341 g/mol. The molecular formula is C17H13ClN4O2. The Morgan fingerprint density at radius 3 is 2.42 bits per heavy atom. The summed E-state index contributed by atoms with van der Waals surface area (Å²) in [5.41, 5.74) is 6.27. The first kappa shape index (κ1) is 17.1. The third-order valence-electron chi connectivity index (χ3n) is 3.03. The molecule has 0 radical (unpaired) electrons. The molecule has 7 heteroatoms. The predicted octanol–water partition coefficient (Wildman–Crippen LogP) is 2.90. The molecule has 0 fully saturated rings. The minimum Gasteiger partial charge on any atom is -0.366 e. The van der Waals surface area contributed by atoms with Crippen molar-refractivity contribution in [3.05, 3.63) is 70.9 Å². The van der Waals surface area contributed by atoms with Gasteiger partial charge < -0.3 is 16.4 Å². The monoisotopic (exact) mass is 340 g/mol. The van der Waals surface area contributed by atoms with E-state index >= 15 is 0 Å². The van der Waals surface area contributed by atoms with E-state index in [-0.39, 0.29) is 11.1 Å². The molecule has 0 unspecified atom stereocenters. The first-order valence-corrected chi connectivity index (χ1v) is 7.21. The van der Waals surface area contributed by atoms with Gasteiger partial charge in [-0.3, -0.25) is 9.59 Å². The van der Waals surface area contributed by atoms with Crippen LogP contribution < -0.4 is 16.4 Å². The molecule has 4 N–H and O–H groups in total. The first-order chi connectivity index (χ1) is 11.5. The Kier molecular flexibility index (Phi) is 5.55. The van der Waals surface area contributed by atoms with E-state index in [1.54, 1.807) is 54.6 Å². The molecule has 2 aromatic carbocycles. The molecular weight excluding hydrogens is 328 g/mol. The van der Waals surface area contributed by atoms with Gasteiger partial charge in [0.05, 0.1) is 11.3 Å². The fourth-order valence-corrected chi connectivity index (χ4v) is 1.98. The van der Waals surface area contributed by atoms with Gasteiger partial charge in [-0.25, -0.2) is 0 Å². The number of benzene rings is 2. The minimum absolute atomic E-state index is 0.163. The third-order valence-corrected chi connectivity index (χ3v) is 3.28. The Balaban J connectivity index is 2.15. The fraction of sp³-hybridized carbons (Fsp3) is 0. The summed E-state index contributed by atoms with van der Waals surface area (Å²) in [7, 11) is 0. The van der Waals surface area contributed by atoms with Gasteiger partial charge in [-0.1, -0.05) is 23.7 Å². The predicted molar refractivity (Wildman–Crippen MR) is 92.4 cm³/mol. The van der Waals surface area contributed by atoms with Crippen molar-refractivity contribution in [2.24, 2.45) is 5.73 Å². The average Bonchev–Trinajstić information content (AvgIpc) is 2.57. The van der Waals surface area contributed by atoms with Crippen molar-refractivity contribution >= 4 is 34.8 Å². The van der Waals surface area contributed by atoms with Crippen LogP contribution in [-0.2, 0) is 4.79 Å². The normalized spacial score (nSPS) is 10.6. The summed E-state index contributed by atoms with van der Waals surface area (Å²) in [6.45, 7) is 0. The Hall–Kier alpha value is -3.30. The van der Waals surface area contributed by atoms with Gasteiger partial charge >= 0.3 is 0 Å². The highest BCUT2D eigenvalue weighted by Gasteiger charge is 2.11. The number of nitrogens with one attached hydrogen (secondary N) is 2. The van der Waals surface area contributed by atoms with Crippen LogP contribution in [0.4, 0.5) is 11.4 Å². The highest BCUT2D eigenvalue weighted by Crippen LogP contribution is 2.16. The number of nitriles is 1. The van der Waals surface area contributed by atoms with Crippen molar-refractivity contribution in [3.63, 3.8) is 0 Å². The van der Waals surface area contributed by atoms with Gasteiger partial charge in [-0.2, -0.15) is 5.26 Å². The molecule has 0 atom stereocenters. The van der Waals surface area contributed by atoms with E-state index < -0.39 is 11.8 Å². The van der Waals surface area contributed by atoms with Crippen molar-refractivity contribution < 1.29 is 9.59 Å². The number of primary amides is 1. The number of para-hydroxylation sites is 1. The largest absolute Gasteiger partial charge is 0.366 e. The van der Waals surface area contributed by atoms with E-state index in [4.69, 9.17) is 22.6 Å². The maximum atomic E-state index is 12.1. The van der Waals surface area contributed by atoms with Crippen molar-refractivity contribution in [1.82, 2.24) is 0 Å². The Morgan fingerprint density at radius 1 is 1.12 bits per heavy atom. The van der Waals surface area contributed by atoms with E-state index in [9.17, 15) is 9.59 Å². The van der Waals surface area contributed by atoms with Crippen molar-refractivity contribution in [1.29, 1.82) is 5.26 Å². The zero-order chi connectivity index (χ0) is 17.5. The lowest BCUT2D eigenvalue weighted by Gasteiger charge is -2.07. The number of carbonyl (C=O) groups excluding carboxylic acids is 2. The molecule has 2 amide bonds. The number of nitrogens with zero attached hydrogens (tertiary/aromatic N) is 1. The topological polar surface area (TPSA) is 108 Å². The number of halogens is 1. The summed E-state index contributed by atoms with van der Waals surface area (Å²) in [6.07, 6.45) is 1.22. The quantitative estimate of drug-likeness (QED) is 0.574. The summed E-state index contributed by atoms with van der Waals surface area (Å²) in [6, 6.07) is 14.8. The van der Waals surface area contributed by atoms with E-state index in [1.807, 2.05) is 0 Å². The van der Waals surface area contributed by atoms with Gasteiger partial charge in [0.2, 0.25) is 0 Å². The molecule has 0 aliphatic rings. The minimum atomic E-state index is -0.615. The van der Waals surface area contributed by atoms with Crippen LogP contribution >= 0.6 is 11.6 Å². The molecule has 0 aliphatic heterocycles. The lowest BCUT2D eigenvalue weighted by Crippen LogP contribution is -2.16. The van der Waals surface area contributed by atoms with Gasteiger partial charge in [0, 0.05) is 16.9 Å². The third kappa shape index (κ3) is 4.35. The smallest absolute Gasteiger partial charge is 0.267 e. The van der Waals surface area contributed by atoms with Crippen LogP contribution in [0.2, 0.25) is 5.02 Å². The van der Waals surface area contributed by atoms with E-state index in [0.29, 0.717) is 16.4 Å². The Morgan fingerprint density at radius 2 is 1.79 bits per heavy atom. The van der Waals surface area contributed by atoms with Gasteiger partial charge in [0.25, 0.3) is 11.8 Å². The molecule has 2 rings (SSSR count). The number of hydrogen-bond donors (Lipinski definition) is 3. The van der Waals surface area contributed by atoms with Crippen LogP contribution in [0, 0.1) is 11.3 Å². The lowest BCUT2D eigenvalue weighted by molar-refractivity contribution is -0.112. The number of amides is 2. The van der Waals surface area contributed by atoms with Crippen LogP contribution in [0.5, 0.6) is 0 Å². The second-order valence-electron chi connectivity index (χ2n) is 4.69. The maximum Gasteiger partial charge on any atom is 0.267 e. The van der Waals surface area contributed by atoms with E-state index in [2.05, 4.69) is 10.6 Å². The van der Waals surface area contributed by atoms with Crippen LogP contribution in [0.25, 0.3) is 0 Å². The number of anilines is 2. The summed E-state index contributed by atoms with van der Waals surface area (Å²) < 4.78 is 0. The molecule has 0 saturated carbocycles. The SMILES string of the molecule is N#C/C(=C/Nc1ccccc1C(N)=O)C(=O)Nc1ccc(Cl)cc1. The Bertz CT molecular complexity index is 838. The molecule has 0 spiro atoms. The van der Waals surface area contributed by atoms with Gasteiger partial charge in [0.1, 0.15) is 11.6 Å².